The summed E-state index contributed by atoms with van der Waals surface area (Å²) in [5.41, 5.74) is 1.27. The van der Waals surface area contributed by atoms with E-state index in [2.05, 4.69) is 10.3 Å². The minimum Gasteiger partial charge on any atom is -0.492 e. The molecular weight excluding hydrogens is 347 g/mol. The number of amides is 1. The smallest absolute Gasteiger partial charge is 0.265 e. The lowest BCUT2D eigenvalue weighted by atomic mass is 10.1. The van der Waals surface area contributed by atoms with Crippen LogP contribution in [0.15, 0.2) is 54.7 Å². The van der Waals surface area contributed by atoms with E-state index in [1.54, 1.807) is 36.5 Å². The van der Waals surface area contributed by atoms with Crippen molar-refractivity contribution in [3.8, 4) is 11.5 Å². The fourth-order valence-electron chi connectivity index (χ4n) is 2.76. The van der Waals surface area contributed by atoms with Crippen LogP contribution in [-0.4, -0.2) is 23.6 Å². The number of rotatable bonds is 7. The number of aromatic nitrogens is 1. The maximum atomic E-state index is 13.8. The Morgan fingerprint density at radius 1 is 1.11 bits per heavy atom. The SMILES string of the molecule is CCOc1ccc(NC(=O)[C@@H](CC)Oc2ccccc2F)c2cccnc12. The highest BCUT2D eigenvalue weighted by atomic mass is 19.1. The number of benzene rings is 2. The first kappa shape index (κ1) is 18.6. The molecule has 0 spiro atoms. The summed E-state index contributed by atoms with van der Waals surface area (Å²) in [5.74, 6) is -0.145. The predicted octanol–water partition coefficient (Wildman–Crippen LogP) is 4.57. The van der Waals surface area contributed by atoms with E-state index in [4.69, 9.17) is 9.47 Å². The van der Waals surface area contributed by atoms with E-state index < -0.39 is 11.9 Å². The van der Waals surface area contributed by atoms with Gasteiger partial charge >= 0.3 is 0 Å². The van der Waals surface area contributed by atoms with E-state index in [1.165, 1.54) is 12.1 Å². The molecule has 0 fully saturated rings. The van der Waals surface area contributed by atoms with Gasteiger partial charge in [-0.15, -0.1) is 0 Å². The van der Waals surface area contributed by atoms with Crippen LogP contribution in [-0.2, 0) is 4.79 Å². The molecule has 0 radical (unpaired) electrons. The summed E-state index contributed by atoms with van der Waals surface area (Å²) in [6.45, 7) is 4.23. The minimum atomic E-state index is -0.819. The van der Waals surface area contributed by atoms with Crippen LogP contribution < -0.4 is 14.8 Å². The average molecular weight is 368 g/mol. The summed E-state index contributed by atoms with van der Waals surface area (Å²) in [6, 6.07) is 13.2. The third-order valence-corrected chi connectivity index (χ3v) is 4.06. The molecule has 5 nitrogen and oxygen atoms in total. The largest absolute Gasteiger partial charge is 0.492 e. The molecule has 2 aromatic carbocycles. The van der Waals surface area contributed by atoms with Crippen LogP contribution in [0.3, 0.4) is 0 Å². The minimum absolute atomic E-state index is 0.0534. The van der Waals surface area contributed by atoms with Gasteiger partial charge in [-0.3, -0.25) is 9.78 Å². The van der Waals surface area contributed by atoms with Crippen molar-refractivity contribution in [1.82, 2.24) is 4.98 Å². The summed E-state index contributed by atoms with van der Waals surface area (Å²) in [6.07, 6.45) is 1.25. The van der Waals surface area contributed by atoms with Crippen LogP contribution in [0.5, 0.6) is 11.5 Å². The van der Waals surface area contributed by atoms with E-state index in [0.717, 1.165) is 5.39 Å². The van der Waals surface area contributed by atoms with Crippen molar-refractivity contribution in [3.05, 3.63) is 60.5 Å². The number of hydrogen-bond acceptors (Lipinski definition) is 4. The Labute approximate surface area is 157 Å². The van der Waals surface area contributed by atoms with Gasteiger partial charge < -0.3 is 14.8 Å². The maximum Gasteiger partial charge on any atom is 0.265 e. The zero-order chi connectivity index (χ0) is 19.2. The number of carbonyl (C=O) groups is 1. The molecule has 27 heavy (non-hydrogen) atoms. The summed E-state index contributed by atoms with van der Waals surface area (Å²) in [5, 5.41) is 3.62. The highest BCUT2D eigenvalue weighted by molar-refractivity contribution is 6.04. The van der Waals surface area contributed by atoms with E-state index >= 15 is 0 Å². The molecule has 0 unspecified atom stereocenters. The molecule has 0 saturated carbocycles. The van der Waals surface area contributed by atoms with Crippen LogP contribution in [0.1, 0.15) is 20.3 Å². The van der Waals surface area contributed by atoms with E-state index in [-0.39, 0.29) is 11.7 Å². The average Bonchev–Trinajstić information content (AvgIpc) is 2.69. The Morgan fingerprint density at radius 3 is 2.67 bits per heavy atom. The van der Waals surface area contributed by atoms with Gasteiger partial charge in [-0.05, 0) is 49.7 Å². The van der Waals surface area contributed by atoms with Gasteiger partial charge in [0.2, 0.25) is 0 Å². The zero-order valence-electron chi connectivity index (χ0n) is 15.2. The Hall–Kier alpha value is -3.15. The fraction of sp³-hybridized carbons (Fsp3) is 0.238. The Morgan fingerprint density at radius 2 is 1.93 bits per heavy atom. The number of fused-ring (bicyclic) bond motifs is 1. The monoisotopic (exact) mass is 368 g/mol. The molecule has 0 aliphatic rings. The molecule has 0 aliphatic heterocycles. The lowest BCUT2D eigenvalue weighted by Gasteiger charge is -2.18. The lowest BCUT2D eigenvalue weighted by Crippen LogP contribution is -2.32. The summed E-state index contributed by atoms with van der Waals surface area (Å²) >= 11 is 0. The first-order valence-electron chi connectivity index (χ1n) is 8.86. The van der Waals surface area contributed by atoms with Crippen LogP contribution in [0.25, 0.3) is 10.9 Å². The van der Waals surface area contributed by atoms with Gasteiger partial charge in [0.15, 0.2) is 17.7 Å². The predicted molar refractivity (Wildman–Crippen MR) is 103 cm³/mol. The number of pyridine rings is 1. The number of anilines is 1. The van der Waals surface area contributed by atoms with Gasteiger partial charge in [0.25, 0.3) is 5.91 Å². The van der Waals surface area contributed by atoms with E-state index in [9.17, 15) is 9.18 Å². The maximum absolute atomic E-state index is 13.8. The van der Waals surface area contributed by atoms with Crippen molar-refractivity contribution >= 4 is 22.5 Å². The van der Waals surface area contributed by atoms with Crippen LogP contribution in [0.2, 0.25) is 0 Å². The van der Waals surface area contributed by atoms with Gasteiger partial charge in [0, 0.05) is 11.6 Å². The number of nitrogens with zero attached hydrogens (tertiary/aromatic N) is 1. The lowest BCUT2D eigenvalue weighted by molar-refractivity contribution is -0.122. The molecule has 6 heteroatoms. The van der Waals surface area contributed by atoms with Crippen LogP contribution in [0.4, 0.5) is 10.1 Å². The highest BCUT2D eigenvalue weighted by Gasteiger charge is 2.21. The number of nitrogens with one attached hydrogen (secondary N) is 1. The number of hydrogen-bond donors (Lipinski definition) is 1. The van der Waals surface area contributed by atoms with Gasteiger partial charge in [0.1, 0.15) is 11.3 Å². The molecule has 1 heterocycles. The van der Waals surface area contributed by atoms with Crippen molar-refractivity contribution in [1.29, 1.82) is 0 Å². The summed E-state index contributed by atoms with van der Waals surface area (Å²) < 4.78 is 25.0. The van der Waals surface area contributed by atoms with Crippen LogP contribution >= 0.6 is 0 Å². The Bertz CT molecular complexity index is 946. The third-order valence-electron chi connectivity index (χ3n) is 4.06. The molecule has 0 saturated heterocycles. The number of carbonyl (C=O) groups excluding carboxylic acids is 1. The molecule has 0 bridgehead atoms. The van der Waals surface area contributed by atoms with Gasteiger partial charge in [-0.1, -0.05) is 19.1 Å². The Kier molecular flexibility index (Phi) is 5.86. The molecule has 1 N–H and O–H groups in total. The van der Waals surface area contributed by atoms with Crippen molar-refractivity contribution in [2.75, 3.05) is 11.9 Å². The van der Waals surface area contributed by atoms with Crippen molar-refractivity contribution in [2.24, 2.45) is 0 Å². The zero-order valence-corrected chi connectivity index (χ0v) is 15.2. The standard InChI is InChI=1S/C21H21FN2O3/c1-3-17(27-18-10-6-5-9-15(18)22)21(25)24-16-11-12-19(26-4-2)20-14(16)8-7-13-23-20/h5-13,17H,3-4H2,1-2H3,(H,24,25)/t17-/m1/s1. The molecule has 3 rings (SSSR count). The summed E-state index contributed by atoms with van der Waals surface area (Å²) in [7, 11) is 0. The second kappa shape index (κ2) is 8.49. The van der Waals surface area contributed by atoms with Gasteiger partial charge in [-0.2, -0.15) is 0 Å². The van der Waals surface area contributed by atoms with Crippen LogP contribution in [0, 0.1) is 5.82 Å². The molecule has 3 aromatic rings. The first-order valence-corrected chi connectivity index (χ1v) is 8.86. The topological polar surface area (TPSA) is 60.5 Å². The molecule has 1 amide bonds. The summed E-state index contributed by atoms with van der Waals surface area (Å²) in [4.78, 5) is 17.1. The molecule has 1 aromatic heterocycles. The highest BCUT2D eigenvalue weighted by Crippen LogP contribution is 2.30. The number of ether oxygens (including phenoxy) is 2. The molecule has 140 valence electrons. The van der Waals surface area contributed by atoms with Crippen molar-refractivity contribution in [3.63, 3.8) is 0 Å². The molecule has 1 atom stereocenters. The van der Waals surface area contributed by atoms with Gasteiger partial charge in [0.05, 0.1) is 12.3 Å². The number of para-hydroxylation sites is 1. The normalized spacial score (nSPS) is 11.8. The number of halogens is 1. The first-order chi connectivity index (χ1) is 13.1. The van der Waals surface area contributed by atoms with E-state index in [0.29, 0.717) is 30.0 Å². The van der Waals surface area contributed by atoms with Gasteiger partial charge in [-0.25, -0.2) is 4.39 Å². The van der Waals surface area contributed by atoms with E-state index in [1.807, 2.05) is 19.9 Å². The second-order valence-electron chi connectivity index (χ2n) is 5.88. The molecule has 0 aliphatic carbocycles. The van der Waals surface area contributed by atoms with Crippen molar-refractivity contribution in [2.45, 2.75) is 26.4 Å². The van der Waals surface area contributed by atoms with Crippen molar-refractivity contribution < 1.29 is 18.7 Å². The second-order valence-corrected chi connectivity index (χ2v) is 5.88. The Balaban J connectivity index is 1.84. The molecular formula is C21H21FN2O3. The third kappa shape index (κ3) is 4.16. The fourth-order valence-corrected chi connectivity index (χ4v) is 2.76. The quantitative estimate of drug-likeness (QED) is 0.664.